The number of urea groups is 1. The molecule has 2 aliphatic rings. The Hall–Kier alpha value is -2.90. The number of nitrogens with zero attached hydrogens (tertiary/aromatic N) is 3. The molecule has 0 spiro atoms. The van der Waals surface area contributed by atoms with Crippen LogP contribution in [0.15, 0.2) is 30.3 Å². The summed E-state index contributed by atoms with van der Waals surface area (Å²) in [6.07, 6.45) is 0.945. The van der Waals surface area contributed by atoms with Crippen molar-refractivity contribution in [3.8, 4) is 0 Å². The lowest BCUT2D eigenvalue weighted by Gasteiger charge is -2.31. The third kappa shape index (κ3) is 4.27. The molecule has 3 rings (SSSR count). The third-order valence-corrected chi connectivity index (χ3v) is 5.04. The fourth-order valence-corrected chi connectivity index (χ4v) is 3.45. The molecular formula is C19H24N4O4. The molecule has 8 nitrogen and oxygen atoms in total. The third-order valence-electron chi connectivity index (χ3n) is 5.04. The van der Waals surface area contributed by atoms with Gasteiger partial charge in [0.25, 0.3) is 5.91 Å². The summed E-state index contributed by atoms with van der Waals surface area (Å²) in [5.74, 6) is -0.707. The van der Waals surface area contributed by atoms with Crippen molar-refractivity contribution in [3.05, 3.63) is 35.9 Å². The summed E-state index contributed by atoms with van der Waals surface area (Å²) in [5, 5.41) is 2.41. The maximum Gasteiger partial charge on any atom is 0.325 e. The molecule has 0 aromatic heterocycles. The van der Waals surface area contributed by atoms with Crippen molar-refractivity contribution in [1.29, 1.82) is 0 Å². The van der Waals surface area contributed by atoms with Crippen LogP contribution in [0.3, 0.4) is 0 Å². The molecule has 0 unspecified atom stereocenters. The first kappa shape index (κ1) is 18.9. The maximum absolute atomic E-state index is 12.7. The summed E-state index contributed by atoms with van der Waals surface area (Å²) >= 11 is 0. The SMILES string of the molecule is CC[C@H]1CN(C(=O)CN2C(=O)CNC2=O)CCC(=O)N1Cc1ccccc1. The predicted octanol–water partition coefficient (Wildman–Crippen LogP) is 0.578. The molecule has 27 heavy (non-hydrogen) atoms. The molecular weight excluding hydrogens is 348 g/mol. The lowest BCUT2D eigenvalue weighted by Crippen LogP contribution is -2.47. The van der Waals surface area contributed by atoms with E-state index in [-0.39, 0.29) is 37.4 Å². The van der Waals surface area contributed by atoms with Crippen LogP contribution >= 0.6 is 0 Å². The van der Waals surface area contributed by atoms with Gasteiger partial charge in [0.1, 0.15) is 6.54 Å². The number of hydrogen-bond donors (Lipinski definition) is 1. The Morgan fingerprint density at radius 3 is 2.52 bits per heavy atom. The highest BCUT2D eigenvalue weighted by atomic mass is 16.2. The molecule has 0 aliphatic carbocycles. The van der Waals surface area contributed by atoms with Gasteiger partial charge in [-0.05, 0) is 12.0 Å². The lowest BCUT2D eigenvalue weighted by molar-refractivity contribution is -0.136. The van der Waals surface area contributed by atoms with Gasteiger partial charge in [-0.3, -0.25) is 19.3 Å². The van der Waals surface area contributed by atoms with E-state index < -0.39 is 11.9 Å². The van der Waals surface area contributed by atoms with Crippen LogP contribution in [0.4, 0.5) is 4.79 Å². The minimum Gasteiger partial charge on any atom is -0.339 e. The molecule has 8 heteroatoms. The van der Waals surface area contributed by atoms with E-state index in [1.165, 1.54) is 0 Å². The van der Waals surface area contributed by atoms with E-state index in [9.17, 15) is 19.2 Å². The molecule has 1 aromatic rings. The van der Waals surface area contributed by atoms with Crippen LogP contribution in [0.25, 0.3) is 0 Å². The minimum atomic E-state index is -0.544. The van der Waals surface area contributed by atoms with Gasteiger partial charge in [0.2, 0.25) is 11.8 Å². The molecule has 1 N–H and O–H groups in total. The Morgan fingerprint density at radius 1 is 1.15 bits per heavy atom. The van der Waals surface area contributed by atoms with Crippen LogP contribution in [-0.4, -0.2) is 70.7 Å². The van der Waals surface area contributed by atoms with Crippen molar-refractivity contribution in [1.82, 2.24) is 20.0 Å². The Morgan fingerprint density at radius 2 is 1.89 bits per heavy atom. The van der Waals surface area contributed by atoms with E-state index in [0.717, 1.165) is 10.5 Å². The van der Waals surface area contributed by atoms with Crippen LogP contribution in [0.1, 0.15) is 25.3 Å². The maximum atomic E-state index is 12.7. The predicted molar refractivity (Wildman–Crippen MR) is 97.4 cm³/mol. The standard InChI is InChI=1S/C19H24N4O4/c1-2-15-12-21(18(26)13-23-17(25)10-20-19(23)27)9-8-16(24)22(15)11-14-6-4-3-5-7-14/h3-7,15H,2,8-13H2,1H3,(H,20,27)/t15-/m0/s1. The van der Waals surface area contributed by atoms with Gasteiger partial charge >= 0.3 is 6.03 Å². The highest BCUT2D eigenvalue weighted by molar-refractivity contribution is 6.04. The van der Waals surface area contributed by atoms with Crippen LogP contribution in [0.2, 0.25) is 0 Å². The molecule has 1 atom stereocenters. The van der Waals surface area contributed by atoms with E-state index >= 15 is 0 Å². The van der Waals surface area contributed by atoms with E-state index in [1.54, 1.807) is 4.90 Å². The number of amides is 5. The number of carbonyl (C=O) groups is 4. The van der Waals surface area contributed by atoms with E-state index in [4.69, 9.17) is 0 Å². The highest BCUT2D eigenvalue weighted by Crippen LogP contribution is 2.18. The molecule has 0 bridgehead atoms. The smallest absolute Gasteiger partial charge is 0.325 e. The average Bonchev–Trinajstić information content (AvgIpc) is 2.89. The summed E-state index contributed by atoms with van der Waals surface area (Å²) in [6, 6.07) is 9.11. The summed E-state index contributed by atoms with van der Waals surface area (Å²) in [4.78, 5) is 53.0. The number of hydrogen-bond acceptors (Lipinski definition) is 4. The molecule has 2 saturated heterocycles. The van der Waals surface area contributed by atoms with Gasteiger partial charge in [-0.2, -0.15) is 0 Å². The normalized spacial score (nSPS) is 20.7. The lowest BCUT2D eigenvalue weighted by atomic mass is 10.1. The van der Waals surface area contributed by atoms with Crippen molar-refractivity contribution in [3.63, 3.8) is 0 Å². The van der Waals surface area contributed by atoms with Crippen molar-refractivity contribution < 1.29 is 19.2 Å². The average molecular weight is 372 g/mol. The first-order valence-corrected chi connectivity index (χ1v) is 9.19. The van der Waals surface area contributed by atoms with Crippen LogP contribution in [0, 0.1) is 0 Å². The molecule has 2 fully saturated rings. The fourth-order valence-electron chi connectivity index (χ4n) is 3.45. The van der Waals surface area contributed by atoms with Gasteiger partial charge in [-0.1, -0.05) is 37.3 Å². The molecule has 5 amide bonds. The second kappa shape index (κ2) is 8.20. The summed E-state index contributed by atoms with van der Waals surface area (Å²) in [7, 11) is 0. The van der Waals surface area contributed by atoms with Crippen molar-refractivity contribution in [2.45, 2.75) is 32.4 Å². The van der Waals surface area contributed by atoms with Crippen molar-refractivity contribution >= 4 is 23.8 Å². The molecule has 2 heterocycles. The van der Waals surface area contributed by atoms with Crippen molar-refractivity contribution in [2.24, 2.45) is 0 Å². The zero-order chi connectivity index (χ0) is 19.4. The van der Waals surface area contributed by atoms with Gasteiger partial charge in [0.15, 0.2) is 0 Å². The van der Waals surface area contributed by atoms with E-state index in [0.29, 0.717) is 26.1 Å². The van der Waals surface area contributed by atoms with Gasteiger partial charge in [-0.15, -0.1) is 0 Å². The number of carbonyl (C=O) groups excluding carboxylic acids is 4. The zero-order valence-electron chi connectivity index (χ0n) is 15.4. The first-order chi connectivity index (χ1) is 13.0. The van der Waals surface area contributed by atoms with Gasteiger partial charge in [0.05, 0.1) is 6.54 Å². The molecule has 0 radical (unpaired) electrons. The summed E-state index contributed by atoms with van der Waals surface area (Å²) in [5.41, 5.74) is 1.04. The van der Waals surface area contributed by atoms with Crippen molar-refractivity contribution in [2.75, 3.05) is 26.2 Å². The second-order valence-corrected chi connectivity index (χ2v) is 6.80. The van der Waals surface area contributed by atoms with Crippen LogP contribution in [-0.2, 0) is 20.9 Å². The molecule has 144 valence electrons. The summed E-state index contributed by atoms with van der Waals surface area (Å²) < 4.78 is 0. The van der Waals surface area contributed by atoms with Gasteiger partial charge in [0, 0.05) is 32.1 Å². The van der Waals surface area contributed by atoms with E-state index in [1.807, 2.05) is 42.2 Å². The molecule has 2 aliphatic heterocycles. The fraction of sp³-hybridized carbons (Fsp3) is 0.474. The number of imide groups is 1. The first-order valence-electron chi connectivity index (χ1n) is 9.19. The zero-order valence-corrected chi connectivity index (χ0v) is 15.4. The van der Waals surface area contributed by atoms with Crippen LogP contribution < -0.4 is 5.32 Å². The second-order valence-electron chi connectivity index (χ2n) is 6.80. The van der Waals surface area contributed by atoms with E-state index in [2.05, 4.69) is 5.32 Å². The Kier molecular flexibility index (Phi) is 5.73. The Balaban J connectivity index is 1.69. The number of nitrogens with one attached hydrogen (secondary N) is 1. The topological polar surface area (TPSA) is 90.0 Å². The Labute approximate surface area is 158 Å². The van der Waals surface area contributed by atoms with Crippen LogP contribution in [0.5, 0.6) is 0 Å². The largest absolute Gasteiger partial charge is 0.339 e. The Bertz CT molecular complexity index is 720. The highest BCUT2D eigenvalue weighted by Gasteiger charge is 2.34. The van der Waals surface area contributed by atoms with Gasteiger partial charge in [-0.25, -0.2) is 4.79 Å². The number of benzene rings is 1. The molecule has 1 aromatic carbocycles. The number of rotatable bonds is 5. The quantitative estimate of drug-likeness (QED) is 0.766. The minimum absolute atomic E-state index is 0.0102. The molecule has 0 saturated carbocycles. The summed E-state index contributed by atoms with van der Waals surface area (Å²) in [6.45, 7) is 2.83. The van der Waals surface area contributed by atoms with Gasteiger partial charge < -0.3 is 15.1 Å². The monoisotopic (exact) mass is 372 g/mol.